The van der Waals surface area contributed by atoms with Crippen molar-refractivity contribution in [2.45, 2.75) is 53.6 Å². The second-order valence-corrected chi connectivity index (χ2v) is 10.7. The molecule has 0 spiro atoms. The molecular formula is C16H34N2O4Si. The maximum Gasteiger partial charge on any atom is 0.409 e. The lowest BCUT2D eigenvalue weighted by molar-refractivity contribution is 0.111. The smallest absolute Gasteiger partial charge is 0.409 e. The Morgan fingerprint density at radius 3 is 1.22 bits per heavy atom. The molecule has 0 radical (unpaired) electrons. The maximum absolute atomic E-state index is 12.0. The molecule has 0 N–H and O–H groups in total. The molecule has 0 fully saturated rings. The SMILES string of the molecule is CCN(CC)C(=O)OC[Si](CC)(CC)COC(=O)N(CC)CC. The van der Waals surface area contributed by atoms with Crippen LogP contribution in [0.5, 0.6) is 0 Å². The highest BCUT2D eigenvalue weighted by Crippen LogP contribution is 2.17. The minimum Gasteiger partial charge on any atom is -0.453 e. The minimum absolute atomic E-state index is 0.274. The first-order valence-corrected chi connectivity index (χ1v) is 11.6. The standard InChI is InChI=1S/C16H34N2O4Si/c1-7-17(8-2)15(19)21-13-23(11-5,12-6)14-22-16(20)18(9-3)10-4/h7-14H2,1-6H3. The first kappa shape index (κ1) is 21.8. The van der Waals surface area contributed by atoms with Gasteiger partial charge >= 0.3 is 12.2 Å². The molecular weight excluding hydrogens is 312 g/mol. The summed E-state index contributed by atoms with van der Waals surface area (Å²) in [7, 11) is -1.95. The number of hydrogen-bond acceptors (Lipinski definition) is 4. The van der Waals surface area contributed by atoms with Gasteiger partial charge < -0.3 is 19.3 Å². The molecule has 0 aliphatic heterocycles. The Morgan fingerprint density at radius 2 is 1.00 bits per heavy atom. The summed E-state index contributed by atoms with van der Waals surface area (Å²) in [5.41, 5.74) is 0. The van der Waals surface area contributed by atoms with Crippen LogP contribution in [-0.2, 0) is 9.47 Å². The molecule has 0 aromatic rings. The van der Waals surface area contributed by atoms with E-state index in [-0.39, 0.29) is 12.2 Å². The van der Waals surface area contributed by atoms with E-state index in [1.165, 1.54) is 0 Å². The van der Waals surface area contributed by atoms with Gasteiger partial charge in [-0.05, 0) is 27.7 Å². The molecule has 0 aliphatic rings. The van der Waals surface area contributed by atoms with Crippen LogP contribution in [0.15, 0.2) is 0 Å². The maximum atomic E-state index is 12.0. The molecule has 0 rings (SSSR count). The summed E-state index contributed by atoms with van der Waals surface area (Å²) in [6, 6.07) is 1.83. The van der Waals surface area contributed by atoms with Crippen molar-refractivity contribution >= 4 is 20.3 Å². The Bertz CT molecular complexity index is 324. The zero-order valence-electron chi connectivity index (χ0n) is 15.7. The van der Waals surface area contributed by atoms with Gasteiger partial charge in [0.2, 0.25) is 0 Å². The first-order chi connectivity index (χ1) is 10.9. The van der Waals surface area contributed by atoms with E-state index in [2.05, 4.69) is 13.8 Å². The van der Waals surface area contributed by atoms with Gasteiger partial charge in [-0.15, -0.1) is 0 Å². The van der Waals surface area contributed by atoms with E-state index in [9.17, 15) is 9.59 Å². The highest BCUT2D eigenvalue weighted by Gasteiger charge is 2.34. The minimum atomic E-state index is -1.95. The summed E-state index contributed by atoms with van der Waals surface area (Å²) < 4.78 is 11.0. The van der Waals surface area contributed by atoms with Crippen molar-refractivity contribution in [2.75, 3.05) is 38.6 Å². The number of amides is 2. The lowest BCUT2D eigenvalue weighted by atomic mass is 10.6. The highest BCUT2D eigenvalue weighted by molar-refractivity contribution is 6.79. The van der Waals surface area contributed by atoms with Gasteiger partial charge in [0.1, 0.15) is 8.07 Å². The second kappa shape index (κ2) is 11.3. The average Bonchev–Trinajstić information content (AvgIpc) is 2.58. The van der Waals surface area contributed by atoms with Gasteiger partial charge in [-0.25, -0.2) is 9.59 Å². The van der Waals surface area contributed by atoms with E-state index >= 15 is 0 Å². The number of nitrogens with zero attached hydrogens (tertiary/aromatic N) is 2. The highest BCUT2D eigenvalue weighted by atomic mass is 28.3. The Kier molecular flexibility index (Phi) is 10.7. The molecule has 0 heterocycles. The Balaban J connectivity index is 4.68. The molecule has 0 bridgehead atoms. The van der Waals surface area contributed by atoms with Crippen molar-refractivity contribution in [1.82, 2.24) is 9.80 Å². The van der Waals surface area contributed by atoms with Crippen LogP contribution in [0.1, 0.15) is 41.5 Å². The fourth-order valence-electron chi connectivity index (χ4n) is 2.28. The molecule has 0 aromatic carbocycles. The molecule has 0 saturated heterocycles. The molecule has 0 atom stereocenters. The summed E-state index contributed by atoms with van der Waals surface area (Å²) in [6.45, 7) is 14.5. The van der Waals surface area contributed by atoms with E-state index < -0.39 is 8.07 Å². The van der Waals surface area contributed by atoms with Gasteiger partial charge in [0.05, 0.1) is 12.5 Å². The topological polar surface area (TPSA) is 59.1 Å². The summed E-state index contributed by atoms with van der Waals surface area (Å²) in [4.78, 5) is 27.4. The van der Waals surface area contributed by atoms with Gasteiger partial charge in [-0.2, -0.15) is 0 Å². The zero-order valence-corrected chi connectivity index (χ0v) is 16.7. The van der Waals surface area contributed by atoms with Crippen LogP contribution in [0, 0.1) is 0 Å². The Labute approximate surface area is 142 Å². The van der Waals surface area contributed by atoms with Crippen LogP contribution in [0.2, 0.25) is 12.1 Å². The van der Waals surface area contributed by atoms with Gasteiger partial charge in [-0.1, -0.05) is 25.9 Å². The van der Waals surface area contributed by atoms with E-state index in [1.54, 1.807) is 9.80 Å². The van der Waals surface area contributed by atoms with Gasteiger partial charge in [0.25, 0.3) is 0 Å². The number of hydrogen-bond donors (Lipinski definition) is 0. The van der Waals surface area contributed by atoms with E-state index in [0.29, 0.717) is 38.6 Å². The first-order valence-electron chi connectivity index (χ1n) is 8.76. The van der Waals surface area contributed by atoms with E-state index in [4.69, 9.17) is 9.47 Å². The quantitative estimate of drug-likeness (QED) is 0.568. The zero-order chi connectivity index (χ0) is 17.9. The Hall–Kier alpha value is -1.24. The predicted molar refractivity (Wildman–Crippen MR) is 95.3 cm³/mol. The van der Waals surface area contributed by atoms with Crippen molar-refractivity contribution in [1.29, 1.82) is 0 Å². The molecule has 0 saturated carbocycles. The molecule has 7 heteroatoms. The largest absolute Gasteiger partial charge is 0.453 e. The lowest BCUT2D eigenvalue weighted by Crippen LogP contribution is -2.48. The summed E-state index contributed by atoms with van der Waals surface area (Å²) >= 11 is 0. The van der Waals surface area contributed by atoms with Crippen LogP contribution < -0.4 is 0 Å². The van der Waals surface area contributed by atoms with Gasteiger partial charge in [-0.3, -0.25) is 0 Å². The average molecular weight is 347 g/mol. The Morgan fingerprint density at radius 1 is 0.696 bits per heavy atom. The molecule has 23 heavy (non-hydrogen) atoms. The third-order valence-electron chi connectivity index (χ3n) is 4.55. The fraction of sp³-hybridized carbons (Fsp3) is 0.875. The molecule has 2 amide bonds. The third kappa shape index (κ3) is 6.81. The van der Waals surface area contributed by atoms with Crippen LogP contribution >= 0.6 is 0 Å². The number of rotatable bonds is 10. The van der Waals surface area contributed by atoms with Crippen molar-refractivity contribution < 1.29 is 19.1 Å². The molecule has 0 unspecified atom stereocenters. The van der Waals surface area contributed by atoms with Gasteiger partial charge in [0, 0.05) is 26.2 Å². The monoisotopic (exact) mass is 346 g/mol. The van der Waals surface area contributed by atoms with Crippen molar-refractivity contribution in [3.05, 3.63) is 0 Å². The summed E-state index contributed by atoms with van der Waals surface area (Å²) in [5, 5.41) is 0. The molecule has 136 valence electrons. The van der Waals surface area contributed by atoms with Crippen LogP contribution in [-0.4, -0.2) is 68.7 Å². The molecule has 6 nitrogen and oxygen atoms in total. The number of carbonyl (C=O) groups excluding carboxylic acids is 2. The van der Waals surface area contributed by atoms with Crippen molar-refractivity contribution in [3.8, 4) is 0 Å². The summed E-state index contributed by atoms with van der Waals surface area (Å²) in [5.74, 6) is 0. The fourth-order valence-corrected chi connectivity index (χ4v) is 4.53. The van der Waals surface area contributed by atoms with E-state index in [0.717, 1.165) is 12.1 Å². The van der Waals surface area contributed by atoms with Crippen LogP contribution in [0.3, 0.4) is 0 Å². The van der Waals surface area contributed by atoms with Crippen molar-refractivity contribution in [2.24, 2.45) is 0 Å². The van der Waals surface area contributed by atoms with E-state index in [1.807, 2.05) is 27.7 Å². The lowest BCUT2D eigenvalue weighted by Gasteiger charge is -2.30. The predicted octanol–water partition coefficient (Wildman–Crippen LogP) is 3.51. The van der Waals surface area contributed by atoms with Crippen molar-refractivity contribution in [3.63, 3.8) is 0 Å². The number of ether oxygens (including phenoxy) is 2. The normalized spacial score (nSPS) is 11.0. The van der Waals surface area contributed by atoms with Gasteiger partial charge in [0.15, 0.2) is 0 Å². The number of carbonyl (C=O) groups is 2. The van der Waals surface area contributed by atoms with Crippen LogP contribution in [0.4, 0.5) is 9.59 Å². The summed E-state index contributed by atoms with van der Waals surface area (Å²) in [6.07, 6.45) is 0.259. The van der Waals surface area contributed by atoms with Crippen LogP contribution in [0.25, 0.3) is 0 Å². The second-order valence-electron chi connectivity index (χ2n) is 5.66. The third-order valence-corrected chi connectivity index (χ3v) is 9.06. The molecule has 0 aromatic heterocycles. The molecule has 0 aliphatic carbocycles.